The molecule has 0 spiro atoms. The molecule has 0 fully saturated rings. The first-order valence-corrected chi connectivity index (χ1v) is 12.7. The molecular formula is C35H24N2O. The lowest BCUT2D eigenvalue weighted by Gasteiger charge is -2.13. The molecule has 38 heavy (non-hydrogen) atoms. The van der Waals surface area contributed by atoms with Crippen molar-refractivity contribution in [3.8, 4) is 33.4 Å². The number of furan rings is 1. The Kier molecular flexibility index (Phi) is 5.45. The van der Waals surface area contributed by atoms with E-state index in [-0.39, 0.29) is 0 Å². The van der Waals surface area contributed by atoms with E-state index < -0.39 is 0 Å². The summed E-state index contributed by atoms with van der Waals surface area (Å²) in [5, 5.41) is 5.75. The third-order valence-corrected chi connectivity index (χ3v) is 6.91. The Morgan fingerprint density at radius 3 is 1.82 bits per heavy atom. The Morgan fingerprint density at radius 2 is 1.13 bits per heavy atom. The van der Waals surface area contributed by atoms with Crippen molar-refractivity contribution in [3.63, 3.8) is 0 Å². The van der Waals surface area contributed by atoms with Gasteiger partial charge in [-0.3, -0.25) is 0 Å². The fourth-order valence-electron chi connectivity index (χ4n) is 5.05. The summed E-state index contributed by atoms with van der Waals surface area (Å²) in [6, 6.07) is 46.4. The van der Waals surface area contributed by atoms with Crippen LogP contribution in [0, 0.1) is 0 Å². The molecule has 2 aromatic heterocycles. The highest BCUT2D eigenvalue weighted by Crippen LogP contribution is 2.36. The number of pyridine rings is 1. The molecule has 0 saturated heterocycles. The number of hydrogen-bond donors (Lipinski definition) is 1. The van der Waals surface area contributed by atoms with E-state index in [0.717, 1.165) is 38.9 Å². The monoisotopic (exact) mass is 488 g/mol. The number of rotatable bonds is 5. The van der Waals surface area contributed by atoms with Gasteiger partial charge >= 0.3 is 0 Å². The van der Waals surface area contributed by atoms with Crippen molar-refractivity contribution < 1.29 is 4.42 Å². The minimum Gasteiger partial charge on any atom is -0.437 e. The van der Waals surface area contributed by atoms with Crippen LogP contribution in [0.2, 0.25) is 0 Å². The molecule has 3 heteroatoms. The van der Waals surface area contributed by atoms with Crippen LogP contribution in [0.3, 0.4) is 0 Å². The average molecular weight is 489 g/mol. The number of aromatic nitrogens is 1. The fraction of sp³-hybridized carbons (Fsp3) is 0. The predicted molar refractivity (Wildman–Crippen MR) is 158 cm³/mol. The zero-order chi connectivity index (χ0) is 25.3. The van der Waals surface area contributed by atoms with Crippen LogP contribution >= 0.6 is 0 Å². The predicted octanol–water partition coefficient (Wildman–Crippen LogP) is 9.73. The minimum atomic E-state index is 0.667. The summed E-state index contributed by atoms with van der Waals surface area (Å²) in [6.07, 6.45) is 1.76. The van der Waals surface area contributed by atoms with Gasteiger partial charge in [-0.1, -0.05) is 91.0 Å². The smallest absolute Gasteiger partial charge is 0.227 e. The molecule has 0 atom stereocenters. The SMILES string of the molecule is c1ccc(-c2cc(Nc3ccc(-c4cccc5c4oc4ncccc45)cc3)cc(-c3ccccc3)c2)cc1. The summed E-state index contributed by atoms with van der Waals surface area (Å²) in [6.45, 7) is 0. The molecule has 7 aromatic rings. The van der Waals surface area contributed by atoms with Gasteiger partial charge in [0.2, 0.25) is 5.71 Å². The van der Waals surface area contributed by atoms with Crippen molar-refractivity contribution in [2.75, 3.05) is 5.32 Å². The van der Waals surface area contributed by atoms with Crippen LogP contribution in [-0.4, -0.2) is 4.98 Å². The number of nitrogens with zero attached hydrogens (tertiary/aromatic N) is 1. The third kappa shape index (κ3) is 4.10. The van der Waals surface area contributed by atoms with E-state index in [1.54, 1.807) is 6.20 Å². The van der Waals surface area contributed by atoms with Crippen LogP contribution in [0.4, 0.5) is 11.4 Å². The van der Waals surface area contributed by atoms with Gasteiger partial charge in [-0.2, -0.15) is 0 Å². The van der Waals surface area contributed by atoms with Crippen LogP contribution in [-0.2, 0) is 0 Å². The lowest BCUT2D eigenvalue weighted by atomic mass is 9.98. The zero-order valence-electron chi connectivity index (χ0n) is 20.6. The quantitative estimate of drug-likeness (QED) is 0.262. The molecular weight excluding hydrogens is 464 g/mol. The van der Waals surface area contributed by atoms with Crippen LogP contribution in [0.25, 0.3) is 55.4 Å². The summed E-state index contributed by atoms with van der Waals surface area (Å²) < 4.78 is 6.15. The highest BCUT2D eigenvalue weighted by atomic mass is 16.3. The number of para-hydroxylation sites is 1. The zero-order valence-corrected chi connectivity index (χ0v) is 20.6. The average Bonchev–Trinajstić information content (AvgIpc) is 3.37. The largest absolute Gasteiger partial charge is 0.437 e. The highest BCUT2D eigenvalue weighted by molar-refractivity contribution is 6.08. The van der Waals surface area contributed by atoms with Gasteiger partial charge in [0, 0.05) is 33.9 Å². The third-order valence-electron chi connectivity index (χ3n) is 6.91. The summed E-state index contributed by atoms with van der Waals surface area (Å²) >= 11 is 0. The molecule has 0 saturated carbocycles. The number of hydrogen-bond acceptors (Lipinski definition) is 3. The number of benzene rings is 5. The molecule has 0 aliphatic rings. The second-order valence-electron chi connectivity index (χ2n) is 9.37. The van der Waals surface area contributed by atoms with Crippen LogP contribution in [0.15, 0.2) is 144 Å². The van der Waals surface area contributed by atoms with Gasteiger partial charge < -0.3 is 9.73 Å². The van der Waals surface area contributed by atoms with Crippen molar-refractivity contribution in [1.82, 2.24) is 4.98 Å². The van der Waals surface area contributed by atoms with E-state index in [0.29, 0.717) is 5.71 Å². The lowest BCUT2D eigenvalue weighted by Crippen LogP contribution is -1.92. The Labute approximate surface area is 221 Å². The maximum atomic E-state index is 6.15. The summed E-state index contributed by atoms with van der Waals surface area (Å²) in [5.41, 5.74) is 10.5. The van der Waals surface area contributed by atoms with Crippen LogP contribution in [0.1, 0.15) is 0 Å². The van der Waals surface area contributed by atoms with Gasteiger partial charge in [0.25, 0.3) is 0 Å². The second kappa shape index (κ2) is 9.38. The van der Waals surface area contributed by atoms with E-state index in [2.05, 4.69) is 126 Å². The number of nitrogens with one attached hydrogen (secondary N) is 1. The topological polar surface area (TPSA) is 38.1 Å². The van der Waals surface area contributed by atoms with E-state index in [9.17, 15) is 0 Å². The molecule has 7 rings (SSSR count). The number of anilines is 2. The van der Waals surface area contributed by atoms with Gasteiger partial charge in [0.05, 0.1) is 0 Å². The van der Waals surface area contributed by atoms with Gasteiger partial charge in [0.1, 0.15) is 5.58 Å². The standard InChI is InChI=1S/C35H24N2O/c1-3-9-24(10-4-1)27-21-28(25-11-5-2-6-12-25)23-30(22-27)37-29-18-16-26(17-19-29)31-13-7-14-32-33-15-8-20-36-35(33)38-34(31)32/h1-23,37H. The molecule has 180 valence electrons. The normalized spacial score (nSPS) is 11.2. The van der Waals surface area contributed by atoms with Crippen LogP contribution in [0.5, 0.6) is 0 Å². The maximum Gasteiger partial charge on any atom is 0.227 e. The Balaban J connectivity index is 1.24. The fourth-order valence-corrected chi connectivity index (χ4v) is 5.05. The first kappa shape index (κ1) is 22.1. The molecule has 3 nitrogen and oxygen atoms in total. The molecule has 5 aromatic carbocycles. The molecule has 2 heterocycles. The van der Waals surface area contributed by atoms with E-state index in [1.165, 1.54) is 22.3 Å². The van der Waals surface area contributed by atoms with Gasteiger partial charge in [-0.25, -0.2) is 4.98 Å². The number of fused-ring (bicyclic) bond motifs is 3. The van der Waals surface area contributed by atoms with Crippen molar-refractivity contribution in [2.45, 2.75) is 0 Å². The summed E-state index contributed by atoms with van der Waals surface area (Å²) in [7, 11) is 0. The Morgan fingerprint density at radius 1 is 0.474 bits per heavy atom. The van der Waals surface area contributed by atoms with Gasteiger partial charge in [0.15, 0.2) is 0 Å². The van der Waals surface area contributed by atoms with Crippen molar-refractivity contribution in [1.29, 1.82) is 0 Å². The molecule has 0 unspecified atom stereocenters. The first-order chi connectivity index (χ1) is 18.8. The maximum absolute atomic E-state index is 6.15. The molecule has 1 N–H and O–H groups in total. The highest BCUT2D eigenvalue weighted by Gasteiger charge is 2.12. The minimum absolute atomic E-state index is 0.667. The summed E-state index contributed by atoms with van der Waals surface area (Å²) in [5.74, 6) is 0. The van der Waals surface area contributed by atoms with Gasteiger partial charge in [-0.15, -0.1) is 0 Å². The lowest BCUT2D eigenvalue weighted by molar-refractivity contribution is 0.655. The molecule has 0 aliphatic carbocycles. The molecule has 0 bridgehead atoms. The summed E-state index contributed by atoms with van der Waals surface area (Å²) in [4.78, 5) is 4.40. The van der Waals surface area contributed by atoms with Crippen molar-refractivity contribution in [2.24, 2.45) is 0 Å². The van der Waals surface area contributed by atoms with Crippen molar-refractivity contribution >= 4 is 33.4 Å². The molecule has 0 radical (unpaired) electrons. The Bertz CT molecular complexity index is 1810. The molecule has 0 aliphatic heterocycles. The first-order valence-electron chi connectivity index (χ1n) is 12.7. The Hall–Kier alpha value is -5.15. The van der Waals surface area contributed by atoms with E-state index in [1.807, 2.05) is 18.2 Å². The van der Waals surface area contributed by atoms with Gasteiger partial charge in [-0.05, 0) is 70.3 Å². The van der Waals surface area contributed by atoms with E-state index in [4.69, 9.17) is 4.42 Å². The van der Waals surface area contributed by atoms with E-state index >= 15 is 0 Å². The molecule has 0 amide bonds. The van der Waals surface area contributed by atoms with Crippen molar-refractivity contribution in [3.05, 3.63) is 140 Å². The second-order valence-corrected chi connectivity index (χ2v) is 9.37. The van der Waals surface area contributed by atoms with Crippen LogP contribution < -0.4 is 5.32 Å².